The maximum atomic E-state index is 13.9. The first-order valence-electron chi connectivity index (χ1n) is 12.0. The molecular formula is C28H32N4O3. The highest BCUT2D eigenvalue weighted by Gasteiger charge is 2.36. The Kier molecular flexibility index (Phi) is 7.46. The van der Waals surface area contributed by atoms with Gasteiger partial charge in [-0.2, -0.15) is 0 Å². The van der Waals surface area contributed by atoms with Crippen LogP contribution in [-0.4, -0.2) is 43.9 Å². The Morgan fingerprint density at radius 1 is 0.971 bits per heavy atom. The summed E-state index contributed by atoms with van der Waals surface area (Å²) in [6.07, 6.45) is 0.350. The van der Waals surface area contributed by atoms with Crippen molar-refractivity contribution in [2.45, 2.75) is 32.9 Å². The minimum absolute atomic E-state index is 0.0693. The van der Waals surface area contributed by atoms with Gasteiger partial charge < -0.3 is 20.4 Å². The number of likely N-dealkylation sites (N-methyl/N-ethyl adjacent to an activating group) is 1. The molecule has 3 aromatic rings. The summed E-state index contributed by atoms with van der Waals surface area (Å²) in [5.41, 5.74) is 2.33. The second-order valence-corrected chi connectivity index (χ2v) is 9.30. The van der Waals surface area contributed by atoms with Crippen LogP contribution in [0.5, 0.6) is 0 Å². The van der Waals surface area contributed by atoms with Crippen LogP contribution in [0.25, 0.3) is 10.8 Å². The largest absolute Gasteiger partial charge is 0.342 e. The number of benzene rings is 3. The normalized spacial score (nSPS) is 15.8. The SMILES string of the molecule is CNCC(=O)NC1CN(C(=O)CC(C)C)c2ccccc2N(Cc2cccc3ccccc23)C1=O. The van der Waals surface area contributed by atoms with E-state index < -0.39 is 6.04 Å². The van der Waals surface area contributed by atoms with Crippen molar-refractivity contribution in [2.24, 2.45) is 5.92 Å². The number of anilines is 2. The van der Waals surface area contributed by atoms with Crippen molar-refractivity contribution in [1.82, 2.24) is 10.6 Å². The Hall–Kier alpha value is -3.71. The molecular weight excluding hydrogens is 440 g/mol. The Labute approximate surface area is 206 Å². The van der Waals surface area contributed by atoms with Crippen molar-refractivity contribution < 1.29 is 14.4 Å². The smallest absolute Gasteiger partial charge is 0.251 e. The minimum Gasteiger partial charge on any atom is -0.342 e. The number of hydrogen-bond acceptors (Lipinski definition) is 4. The quantitative estimate of drug-likeness (QED) is 0.552. The number of nitrogens with one attached hydrogen (secondary N) is 2. The van der Waals surface area contributed by atoms with Crippen molar-refractivity contribution in [1.29, 1.82) is 0 Å². The predicted octanol–water partition coefficient (Wildman–Crippen LogP) is 3.47. The van der Waals surface area contributed by atoms with Gasteiger partial charge in [0.1, 0.15) is 6.04 Å². The highest BCUT2D eigenvalue weighted by Crippen LogP contribution is 2.35. The van der Waals surface area contributed by atoms with E-state index in [1.54, 1.807) is 16.8 Å². The number of rotatable bonds is 7. The van der Waals surface area contributed by atoms with Crippen LogP contribution in [0, 0.1) is 5.92 Å². The van der Waals surface area contributed by atoms with E-state index in [9.17, 15) is 14.4 Å². The number of carbonyl (C=O) groups is 3. The van der Waals surface area contributed by atoms with Crippen molar-refractivity contribution in [3.63, 3.8) is 0 Å². The molecule has 0 radical (unpaired) electrons. The van der Waals surface area contributed by atoms with Crippen molar-refractivity contribution >= 4 is 39.9 Å². The fourth-order valence-electron chi connectivity index (χ4n) is 4.56. The van der Waals surface area contributed by atoms with Gasteiger partial charge in [-0.3, -0.25) is 14.4 Å². The number of amides is 3. The molecule has 0 saturated heterocycles. The summed E-state index contributed by atoms with van der Waals surface area (Å²) in [5, 5.41) is 7.82. The third kappa shape index (κ3) is 5.35. The van der Waals surface area contributed by atoms with E-state index in [2.05, 4.69) is 10.6 Å². The van der Waals surface area contributed by atoms with E-state index in [1.165, 1.54) is 0 Å². The summed E-state index contributed by atoms with van der Waals surface area (Å²) in [4.78, 5) is 43.1. The molecule has 2 N–H and O–H groups in total. The molecule has 0 aliphatic carbocycles. The Morgan fingerprint density at radius 3 is 2.40 bits per heavy atom. The third-order valence-corrected chi connectivity index (χ3v) is 6.16. The van der Waals surface area contributed by atoms with Crippen LogP contribution >= 0.6 is 0 Å². The molecule has 3 aromatic carbocycles. The lowest BCUT2D eigenvalue weighted by Gasteiger charge is -2.26. The average molecular weight is 473 g/mol. The first-order valence-corrected chi connectivity index (χ1v) is 12.0. The van der Waals surface area contributed by atoms with Gasteiger partial charge in [-0.05, 0) is 41.4 Å². The topological polar surface area (TPSA) is 81.8 Å². The van der Waals surface area contributed by atoms with E-state index in [-0.39, 0.29) is 36.7 Å². The molecule has 0 fully saturated rings. The molecule has 1 heterocycles. The van der Waals surface area contributed by atoms with Gasteiger partial charge >= 0.3 is 0 Å². The van der Waals surface area contributed by atoms with Gasteiger partial charge in [-0.25, -0.2) is 0 Å². The fraction of sp³-hybridized carbons (Fsp3) is 0.321. The number of nitrogens with zero attached hydrogens (tertiary/aromatic N) is 2. The summed E-state index contributed by atoms with van der Waals surface area (Å²) in [7, 11) is 1.68. The van der Waals surface area contributed by atoms with E-state index in [0.717, 1.165) is 16.3 Å². The molecule has 0 spiro atoms. The van der Waals surface area contributed by atoms with Crippen LogP contribution in [0.2, 0.25) is 0 Å². The van der Waals surface area contributed by atoms with Gasteiger partial charge in [0.15, 0.2) is 0 Å². The van der Waals surface area contributed by atoms with Gasteiger partial charge in [0.05, 0.1) is 31.0 Å². The average Bonchev–Trinajstić information content (AvgIpc) is 2.95. The van der Waals surface area contributed by atoms with Crippen LogP contribution in [0.3, 0.4) is 0 Å². The summed E-state index contributed by atoms with van der Waals surface area (Å²) in [6.45, 7) is 4.47. The molecule has 182 valence electrons. The summed E-state index contributed by atoms with van der Waals surface area (Å²) < 4.78 is 0. The summed E-state index contributed by atoms with van der Waals surface area (Å²) in [5.74, 6) is -0.439. The van der Waals surface area contributed by atoms with Gasteiger partial charge in [0.2, 0.25) is 11.8 Å². The van der Waals surface area contributed by atoms with Gasteiger partial charge in [0, 0.05) is 6.42 Å². The molecule has 1 aliphatic heterocycles. The number of para-hydroxylation sites is 2. The van der Waals surface area contributed by atoms with Crippen LogP contribution in [0.1, 0.15) is 25.8 Å². The maximum absolute atomic E-state index is 13.9. The van der Waals surface area contributed by atoms with Gasteiger partial charge in [-0.1, -0.05) is 68.4 Å². The van der Waals surface area contributed by atoms with Crippen molar-refractivity contribution in [3.8, 4) is 0 Å². The molecule has 35 heavy (non-hydrogen) atoms. The van der Waals surface area contributed by atoms with Crippen LogP contribution in [0.4, 0.5) is 11.4 Å². The molecule has 7 heteroatoms. The van der Waals surface area contributed by atoms with Gasteiger partial charge in [0.25, 0.3) is 5.91 Å². The molecule has 7 nitrogen and oxygen atoms in total. The molecule has 0 aromatic heterocycles. The summed E-state index contributed by atoms with van der Waals surface area (Å²) in [6, 6.07) is 20.7. The van der Waals surface area contributed by atoms with Crippen LogP contribution < -0.4 is 20.4 Å². The highest BCUT2D eigenvalue weighted by atomic mass is 16.2. The maximum Gasteiger partial charge on any atom is 0.251 e. The lowest BCUT2D eigenvalue weighted by atomic mass is 10.0. The standard InChI is InChI=1S/C28H32N4O3/c1-19(2)15-27(34)31-18-23(30-26(33)16-29-3)28(35)32(25-14-7-6-13-24(25)31)17-21-11-8-10-20-9-4-5-12-22(20)21/h4-14,19,23,29H,15-18H2,1-3H3,(H,30,33). The lowest BCUT2D eigenvalue weighted by Crippen LogP contribution is -2.54. The number of hydrogen-bond donors (Lipinski definition) is 2. The highest BCUT2D eigenvalue weighted by molar-refractivity contribution is 6.08. The van der Waals surface area contributed by atoms with Gasteiger partial charge in [-0.15, -0.1) is 0 Å². The summed E-state index contributed by atoms with van der Waals surface area (Å²) >= 11 is 0. The van der Waals surface area contributed by atoms with E-state index in [0.29, 0.717) is 24.3 Å². The molecule has 1 aliphatic rings. The lowest BCUT2D eigenvalue weighted by molar-refractivity contribution is -0.127. The fourth-order valence-corrected chi connectivity index (χ4v) is 4.56. The van der Waals surface area contributed by atoms with Crippen LogP contribution in [0.15, 0.2) is 66.7 Å². The van der Waals surface area contributed by atoms with Crippen LogP contribution in [-0.2, 0) is 20.9 Å². The Morgan fingerprint density at radius 2 is 1.66 bits per heavy atom. The predicted molar refractivity (Wildman–Crippen MR) is 139 cm³/mol. The molecule has 1 atom stereocenters. The second kappa shape index (κ2) is 10.7. The van der Waals surface area contributed by atoms with E-state index >= 15 is 0 Å². The first-order chi connectivity index (χ1) is 16.9. The molecule has 0 bridgehead atoms. The van der Waals surface area contributed by atoms with Crippen molar-refractivity contribution in [3.05, 3.63) is 72.3 Å². The third-order valence-electron chi connectivity index (χ3n) is 6.16. The zero-order valence-corrected chi connectivity index (χ0v) is 20.5. The second-order valence-electron chi connectivity index (χ2n) is 9.30. The van der Waals surface area contributed by atoms with Crippen molar-refractivity contribution in [2.75, 3.05) is 29.9 Å². The molecule has 4 rings (SSSR count). The molecule has 1 unspecified atom stereocenters. The van der Waals surface area contributed by atoms with E-state index in [4.69, 9.17) is 0 Å². The molecule has 0 saturated carbocycles. The number of fused-ring (bicyclic) bond motifs is 2. The number of carbonyl (C=O) groups excluding carboxylic acids is 3. The zero-order chi connectivity index (χ0) is 24.9. The molecule has 3 amide bonds. The van der Waals surface area contributed by atoms with E-state index in [1.807, 2.05) is 80.6 Å². The minimum atomic E-state index is -0.866. The zero-order valence-electron chi connectivity index (χ0n) is 20.5. The Bertz CT molecular complexity index is 1230. The monoisotopic (exact) mass is 472 g/mol. The first kappa shape index (κ1) is 24.4. The Balaban J connectivity index is 1.80.